The van der Waals surface area contributed by atoms with Crippen LogP contribution in [0.25, 0.3) is 0 Å². The number of rotatable bonds is 8. The molecule has 1 fully saturated rings. The molecular weight excluding hydrogens is 332 g/mol. The maximum absolute atomic E-state index is 12.0. The van der Waals surface area contributed by atoms with Crippen LogP contribution in [0.4, 0.5) is 0 Å². The molecule has 1 saturated heterocycles. The summed E-state index contributed by atoms with van der Waals surface area (Å²) in [5.74, 6) is 2.16. The molecule has 1 unspecified atom stereocenters. The van der Waals surface area contributed by atoms with Crippen LogP contribution in [0.1, 0.15) is 24.8 Å². The Balaban J connectivity index is 0.00000288. The molecule has 136 valence electrons. The summed E-state index contributed by atoms with van der Waals surface area (Å²) in [4.78, 5) is 12.0. The smallest absolute Gasteiger partial charge is 0.221 e. The summed E-state index contributed by atoms with van der Waals surface area (Å²) in [7, 11) is 4.83. The molecular formula is C17H27ClN2O4. The number of ether oxygens (including phenoxy) is 3. The molecule has 0 saturated carbocycles. The van der Waals surface area contributed by atoms with Crippen molar-refractivity contribution in [2.75, 3.05) is 34.4 Å². The number of carbonyl (C=O) groups is 1. The van der Waals surface area contributed by atoms with Crippen molar-refractivity contribution in [3.8, 4) is 17.2 Å². The van der Waals surface area contributed by atoms with Crippen molar-refractivity contribution in [1.29, 1.82) is 0 Å². The summed E-state index contributed by atoms with van der Waals surface area (Å²) in [5.41, 5.74) is 0.926. The first-order valence-electron chi connectivity index (χ1n) is 7.97. The highest BCUT2D eigenvalue weighted by Gasteiger charge is 2.18. The maximum atomic E-state index is 12.0. The highest BCUT2D eigenvalue weighted by atomic mass is 35.5. The second-order valence-corrected chi connectivity index (χ2v) is 5.61. The van der Waals surface area contributed by atoms with Gasteiger partial charge in [-0.15, -0.1) is 12.4 Å². The molecule has 6 nitrogen and oxygen atoms in total. The molecule has 0 spiro atoms. The zero-order valence-corrected chi connectivity index (χ0v) is 15.3. The van der Waals surface area contributed by atoms with Crippen LogP contribution in [0.5, 0.6) is 17.2 Å². The van der Waals surface area contributed by atoms with E-state index in [9.17, 15) is 4.79 Å². The fourth-order valence-electron chi connectivity index (χ4n) is 2.88. The number of amides is 1. The second-order valence-electron chi connectivity index (χ2n) is 5.61. The van der Waals surface area contributed by atoms with Crippen LogP contribution in [-0.2, 0) is 11.2 Å². The van der Waals surface area contributed by atoms with E-state index in [1.807, 2.05) is 12.1 Å². The van der Waals surface area contributed by atoms with Crippen LogP contribution in [-0.4, -0.2) is 46.4 Å². The van der Waals surface area contributed by atoms with Crippen LogP contribution in [0.15, 0.2) is 12.1 Å². The summed E-state index contributed by atoms with van der Waals surface area (Å²) in [5, 5.41) is 6.30. The first-order valence-corrected chi connectivity index (χ1v) is 7.97. The van der Waals surface area contributed by atoms with Gasteiger partial charge in [-0.05, 0) is 25.8 Å². The molecule has 0 radical (unpaired) electrons. The van der Waals surface area contributed by atoms with E-state index in [4.69, 9.17) is 14.2 Å². The van der Waals surface area contributed by atoms with Crippen LogP contribution >= 0.6 is 12.4 Å². The average Bonchev–Trinajstić information content (AvgIpc) is 3.07. The zero-order valence-electron chi connectivity index (χ0n) is 14.5. The lowest BCUT2D eigenvalue weighted by Crippen LogP contribution is -2.32. The van der Waals surface area contributed by atoms with Gasteiger partial charge in [0.05, 0.1) is 21.3 Å². The summed E-state index contributed by atoms with van der Waals surface area (Å²) >= 11 is 0. The zero-order chi connectivity index (χ0) is 16.7. The lowest BCUT2D eigenvalue weighted by Gasteiger charge is -2.16. The maximum Gasteiger partial charge on any atom is 0.221 e. The van der Waals surface area contributed by atoms with Gasteiger partial charge >= 0.3 is 0 Å². The van der Waals surface area contributed by atoms with Crippen molar-refractivity contribution in [1.82, 2.24) is 10.6 Å². The van der Waals surface area contributed by atoms with Gasteiger partial charge in [-0.25, -0.2) is 0 Å². The molecule has 0 aromatic heterocycles. The van der Waals surface area contributed by atoms with Gasteiger partial charge in [-0.1, -0.05) is 0 Å². The average molecular weight is 359 g/mol. The third-order valence-corrected chi connectivity index (χ3v) is 4.11. The SMILES string of the molecule is COc1cc(OC)c(CCNC(=O)CC2CCCN2)c(OC)c1.Cl. The molecule has 1 aromatic rings. The number of hydrogen-bond acceptors (Lipinski definition) is 5. The third kappa shape index (κ3) is 5.46. The number of benzene rings is 1. The van der Waals surface area contributed by atoms with Gasteiger partial charge in [-0.3, -0.25) is 4.79 Å². The molecule has 2 N–H and O–H groups in total. The van der Waals surface area contributed by atoms with Crippen molar-refractivity contribution in [2.24, 2.45) is 0 Å². The molecule has 1 atom stereocenters. The number of carbonyl (C=O) groups excluding carboxylic acids is 1. The molecule has 24 heavy (non-hydrogen) atoms. The number of hydrogen-bond donors (Lipinski definition) is 2. The van der Waals surface area contributed by atoms with Gasteiger partial charge in [0.15, 0.2) is 0 Å². The minimum Gasteiger partial charge on any atom is -0.496 e. The predicted molar refractivity (Wildman–Crippen MR) is 95.7 cm³/mol. The fraction of sp³-hybridized carbons (Fsp3) is 0.588. The number of nitrogens with one attached hydrogen (secondary N) is 2. The van der Waals surface area contributed by atoms with Gasteiger partial charge in [0, 0.05) is 36.7 Å². The molecule has 1 amide bonds. The standard InChI is InChI=1S/C17H26N2O4.ClH/c1-21-13-10-15(22-2)14(16(11-13)23-3)6-8-19-17(20)9-12-5-4-7-18-12;/h10-12,18H,4-9H2,1-3H3,(H,19,20);1H. The Labute approximate surface area is 149 Å². The van der Waals surface area contributed by atoms with Crippen LogP contribution in [0.2, 0.25) is 0 Å². The fourth-order valence-corrected chi connectivity index (χ4v) is 2.88. The van der Waals surface area contributed by atoms with E-state index in [2.05, 4.69) is 10.6 Å². The van der Waals surface area contributed by atoms with E-state index in [0.717, 1.165) is 24.9 Å². The summed E-state index contributed by atoms with van der Waals surface area (Å²) in [6.45, 7) is 1.56. The Morgan fingerprint density at radius 3 is 2.38 bits per heavy atom. The molecule has 7 heteroatoms. The van der Waals surface area contributed by atoms with Gasteiger partial charge in [0.25, 0.3) is 0 Å². The largest absolute Gasteiger partial charge is 0.496 e. The minimum absolute atomic E-state index is 0. The van der Waals surface area contributed by atoms with Crippen LogP contribution in [0.3, 0.4) is 0 Å². The summed E-state index contributed by atoms with van der Waals surface area (Å²) in [6, 6.07) is 3.96. The van der Waals surface area contributed by atoms with E-state index in [1.165, 1.54) is 0 Å². The number of methoxy groups -OCH3 is 3. The molecule has 1 aliphatic rings. The van der Waals surface area contributed by atoms with Crippen molar-refractivity contribution in [2.45, 2.75) is 31.7 Å². The molecule has 0 aliphatic carbocycles. The molecule has 1 aliphatic heterocycles. The number of halogens is 1. The molecule has 1 aromatic carbocycles. The van der Waals surface area contributed by atoms with E-state index < -0.39 is 0 Å². The van der Waals surface area contributed by atoms with Gasteiger partial charge in [-0.2, -0.15) is 0 Å². The van der Waals surface area contributed by atoms with Gasteiger partial charge in [0.2, 0.25) is 5.91 Å². The van der Waals surface area contributed by atoms with Gasteiger partial charge in [0.1, 0.15) is 17.2 Å². The second kappa shape index (κ2) is 10.3. The first kappa shape index (κ1) is 20.4. The quantitative estimate of drug-likeness (QED) is 0.743. The Morgan fingerprint density at radius 1 is 1.21 bits per heavy atom. The van der Waals surface area contributed by atoms with Crippen molar-refractivity contribution in [3.05, 3.63) is 17.7 Å². The van der Waals surface area contributed by atoms with E-state index in [1.54, 1.807) is 21.3 Å². The van der Waals surface area contributed by atoms with E-state index in [0.29, 0.717) is 42.7 Å². The van der Waals surface area contributed by atoms with E-state index in [-0.39, 0.29) is 18.3 Å². The van der Waals surface area contributed by atoms with Crippen molar-refractivity contribution >= 4 is 18.3 Å². The van der Waals surface area contributed by atoms with E-state index >= 15 is 0 Å². The Morgan fingerprint density at radius 2 is 1.88 bits per heavy atom. The predicted octanol–water partition coefficient (Wildman–Crippen LogP) is 1.94. The third-order valence-electron chi connectivity index (χ3n) is 4.11. The summed E-state index contributed by atoms with van der Waals surface area (Å²) < 4.78 is 16.1. The Kier molecular flexibility index (Phi) is 8.71. The topological polar surface area (TPSA) is 68.8 Å². The lowest BCUT2D eigenvalue weighted by atomic mass is 10.1. The van der Waals surface area contributed by atoms with Crippen LogP contribution in [0, 0.1) is 0 Å². The highest BCUT2D eigenvalue weighted by Crippen LogP contribution is 2.34. The van der Waals surface area contributed by atoms with Gasteiger partial charge < -0.3 is 24.8 Å². The highest BCUT2D eigenvalue weighted by molar-refractivity contribution is 5.85. The van der Waals surface area contributed by atoms with Crippen molar-refractivity contribution < 1.29 is 19.0 Å². The summed E-state index contributed by atoms with van der Waals surface area (Å²) in [6.07, 6.45) is 3.41. The Bertz CT molecular complexity index is 508. The Hall–Kier alpha value is -1.66. The van der Waals surface area contributed by atoms with Crippen molar-refractivity contribution in [3.63, 3.8) is 0 Å². The van der Waals surface area contributed by atoms with Crippen LogP contribution < -0.4 is 24.8 Å². The first-order chi connectivity index (χ1) is 11.2. The minimum atomic E-state index is 0. The monoisotopic (exact) mass is 358 g/mol. The normalized spacial score (nSPS) is 16.2. The lowest BCUT2D eigenvalue weighted by molar-refractivity contribution is -0.121. The molecule has 1 heterocycles. The molecule has 0 bridgehead atoms. The molecule has 2 rings (SSSR count).